The van der Waals surface area contributed by atoms with Crippen LogP contribution in [0.3, 0.4) is 0 Å². The minimum absolute atomic E-state index is 0.0660. The number of Topliss-reactive ketones (excluding diaryl/α,β-unsaturated/α-hetero) is 1. The van der Waals surface area contributed by atoms with Crippen molar-refractivity contribution in [3.8, 4) is 0 Å². The number of ketones is 1. The predicted molar refractivity (Wildman–Crippen MR) is 120 cm³/mol. The number of nitrogens with one attached hydrogen (secondary N) is 1. The minimum atomic E-state index is -1.24. The van der Waals surface area contributed by atoms with Crippen LogP contribution < -0.4 is 5.32 Å². The third-order valence-corrected chi connectivity index (χ3v) is 6.79. The van der Waals surface area contributed by atoms with E-state index in [1.165, 1.54) is 0 Å². The zero-order chi connectivity index (χ0) is 20.0. The number of amides is 1. The van der Waals surface area contributed by atoms with Gasteiger partial charge in [-0.1, -0.05) is 6.58 Å². The number of carboxylic acids is 2. The molecule has 1 aromatic rings. The summed E-state index contributed by atoms with van der Waals surface area (Å²) in [4.78, 5) is 46.3. The van der Waals surface area contributed by atoms with Gasteiger partial charge >= 0.3 is 11.9 Å². The van der Waals surface area contributed by atoms with Crippen LogP contribution in [0.25, 0.3) is 0 Å². The number of rotatable bonds is 9. The normalized spacial score (nSPS) is 10.3. The first-order valence-corrected chi connectivity index (χ1v) is 10.4. The standard InChI is InChI=1S/C16H14I3NO6/c1-2-9(22)20-5-3-4-7(21)6-8-12(17)10(15(23)24)14(19)11(13(8)18)16(25)26/h2H,1,3-6H2,(H,20,22)(H,23,24)(H,25,26). The fourth-order valence-electron chi connectivity index (χ4n) is 2.10. The summed E-state index contributed by atoms with van der Waals surface area (Å²) in [6.07, 6.45) is 1.68. The van der Waals surface area contributed by atoms with Gasteiger partial charge in [0.15, 0.2) is 0 Å². The molecule has 0 bridgehead atoms. The van der Waals surface area contributed by atoms with E-state index in [0.29, 0.717) is 25.7 Å². The number of hydrogen-bond donors (Lipinski definition) is 3. The molecule has 0 aliphatic rings. The average molecular weight is 697 g/mol. The van der Waals surface area contributed by atoms with E-state index in [2.05, 4.69) is 11.9 Å². The third-order valence-electron chi connectivity index (χ3n) is 3.33. The molecule has 1 rings (SSSR count). The molecule has 1 aromatic carbocycles. The highest BCUT2D eigenvalue weighted by molar-refractivity contribution is 14.1. The zero-order valence-electron chi connectivity index (χ0n) is 13.3. The molecule has 0 heterocycles. The lowest BCUT2D eigenvalue weighted by Gasteiger charge is -2.15. The fourth-order valence-corrected chi connectivity index (χ4v) is 6.57. The van der Waals surface area contributed by atoms with Crippen LogP contribution in [-0.4, -0.2) is 40.4 Å². The smallest absolute Gasteiger partial charge is 0.337 e. The van der Waals surface area contributed by atoms with Crippen molar-refractivity contribution in [1.29, 1.82) is 0 Å². The van der Waals surface area contributed by atoms with Gasteiger partial charge in [0.2, 0.25) is 5.91 Å². The van der Waals surface area contributed by atoms with E-state index in [9.17, 15) is 29.4 Å². The Morgan fingerprint density at radius 1 is 0.962 bits per heavy atom. The second-order valence-corrected chi connectivity index (χ2v) is 8.33. The maximum atomic E-state index is 12.2. The third kappa shape index (κ3) is 5.87. The highest BCUT2D eigenvalue weighted by Crippen LogP contribution is 2.32. The van der Waals surface area contributed by atoms with Crippen molar-refractivity contribution in [2.24, 2.45) is 0 Å². The summed E-state index contributed by atoms with van der Waals surface area (Å²) in [5.74, 6) is -2.96. The van der Waals surface area contributed by atoms with Crippen molar-refractivity contribution in [1.82, 2.24) is 5.32 Å². The largest absolute Gasteiger partial charge is 0.478 e. The van der Waals surface area contributed by atoms with Crippen LogP contribution in [0.5, 0.6) is 0 Å². The Morgan fingerprint density at radius 3 is 1.88 bits per heavy atom. The van der Waals surface area contributed by atoms with Gasteiger partial charge in [-0.05, 0) is 85.8 Å². The van der Waals surface area contributed by atoms with Crippen LogP contribution in [0.4, 0.5) is 0 Å². The summed E-state index contributed by atoms with van der Waals surface area (Å²) in [7, 11) is 0. The van der Waals surface area contributed by atoms with Crippen LogP contribution >= 0.6 is 67.8 Å². The molecule has 140 valence electrons. The molecule has 0 saturated heterocycles. The van der Waals surface area contributed by atoms with Gasteiger partial charge in [0.25, 0.3) is 0 Å². The molecule has 0 spiro atoms. The van der Waals surface area contributed by atoms with Crippen molar-refractivity contribution >= 4 is 91.4 Å². The summed E-state index contributed by atoms with van der Waals surface area (Å²) in [6, 6.07) is 0. The summed E-state index contributed by atoms with van der Waals surface area (Å²) in [5, 5.41) is 21.4. The molecule has 0 aliphatic carbocycles. The molecule has 0 saturated carbocycles. The van der Waals surface area contributed by atoms with Crippen molar-refractivity contribution in [3.63, 3.8) is 0 Å². The second kappa shape index (κ2) is 10.5. The number of carbonyl (C=O) groups excluding carboxylic acids is 2. The van der Waals surface area contributed by atoms with E-state index in [4.69, 9.17) is 0 Å². The van der Waals surface area contributed by atoms with Crippen molar-refractivity contribution < 1.29 is 29.4 Å². The van der Waals surface area contributed by atoms with E-state index in [-0.39, 0.29) is 39.2 Å². The van der Waals surface area contributed by atoms with Gasteiger partial charge in [-0.15, -0.1) is 0 Å². The van der Waals surface area contributed by atoms with Gasteiger partial charge in [-0.25, -0.2) is 9.59 Å². The highest BCUT2D eigenvalue weighted by Gasteiger charge is 2.28. The number of aromatic carboxylic acids is 2. The molecule has 26 heavy (non-hydrogen) atoms. The monoisotopic (exact) mass is 697 g/mol. The Morgan fingerprint density at radius 2 is 1.46 bits per heavy atom. The van der Waals surface area contributed by atoms with E-state index < -0.39 is 11.9 Å². The molecule has 0 unspecified atom stereocenters. The van der Waals surface area contributed by atoms with Gasteiger partial charge in [-0.3, -0.25) is 9.59 Å². The summed E-state index contributed by atoms with van der Waals surface area (Å²) in [6.45, 7) is 3.64. The van der Waals surface area contributed by atoms with Gasteiger partial charge in [0.05, 0.1) is 11.1 Å². The van der Waals surface area contributed by atoms with Gasteiger partial charge in [0.1, 0.15) is 5.78 Å². The van der Waals surface area contributed by atoms with E-state index in [0.717, 1.165) is 6.08 Å². The maximum absolute atomic E-state index is 12.2. The van der Waals surface area contributed by atoms with E-state index in [1.54, 1.807) is 22.6 Å². The van der Waals surface area contributed by atoms with Crippen LogP contribution in [0.1, 0.15) is 39.1 Å². The Kier molecular flexibility index (Phi) is 9.43. The average Bonchev–Trinajstić information content (AvgIpc) is 2.54. The lowest BCUT2D eigenvalue weighted by atomic mass is 10.00. The Labute approximate surface area is 190 Å². The van der Waals surface area contributed by atoms with Crippen LogP contribution in [-0.2, 0) is 16.0 Å². The summed E-state index contributed by atoms with van der Waals surface area (Å²) in [5.41, 5.74) is 0.191. The summed E-state index contributed by atoms with van der Waals surface area (Å²) >= 11 is 5.38. The SMILES string of the molecule is C=CC(=O)NCCCC(=O)Cc1c(I)c(C(=O)O)c(I)c(C(=O)O)c1I. The van der Waals surface area contributed by atoms with Crippen molar-refractivity contribution in [2.75, 3.05) is 6.54 Å². The molecule has 0 aromatic heterocycles. The molecule has 10 heteroatoms. The maximum Gasteiger partial charge on any atom is 0.337 e. The molecule has 3 N–H and O–H groups in total. The van der Waals surface area contributed by atoms with Gasteiger partial charge in [0, 0.05) is 30.1 Å². The van der Waals surface area contributed by atoms with E-state index in [1.807, 2.05) is 45.2 Å². The zero-order valence-corrected chi connectivity index (χ0v) is 19.7. The Bertz CT molecular complexity index is 750. The molecule has 7 nitrogen and oxygen atoms in total. The number of hydrogen-bond acceptors (Lipinski definition) is 4. The van der Waals surface area contributed by atoms with Crippen LogP contribution in [0.15, 0.2) is 12.7 Å². The van der Waals surface area contributed by atoms with Crippen LogP contribution in [0, 0.1) is 10.7 Å². The summed E-state index contributed by atoms with van der Waals surface area (Å²) < 4.78 is 0.865. The fraction of sp³-hybridized carbons (Fsp3) is 0.250. The predicted octanol–water partition coefficient (Wildman–Crippen LogP) is 3.09. The molecule has 1 amide bonds. The molecular formula is C16H14I3NO6. The van der Waals surface area contributed by atoms with E-state index >= 15 is 0 Å². The number of carbonyl (C=O) groups is 4. The highest BCUT2D eigenvalue weighted by atomic mass is 127. The molecule has 0 radical (unpaired) electrons. The second-order valence-electron chi connectivity index (χ2n) is 5.09. The molecule has 0 atom stereocenters. The number of carboxylic acid groups (broad SMARTS) is 2. The lowest BCUT2D eigenvalue weighted by molar-refractivity contribution is -0.119. The molecule has 0 aliphatic heterocycles. The quantitative estimate of drug-likeness (QED) is 0.208. The molecular weight excluding hydrogens is 683 g/mol. The van der Waals surface area contributed by atoms with Crippen molar-refractivity contribution in [3.05, 3.63) is 40.1 Å². The number of benzene rings is 1. The van der Waals surface area contributed by atoms with Gasteiger partial charge < -0.3 is 15.5 Å². The van der Waals surface area contributed by atoms with Crippen molar-refractivity contribution in [2.45, 2.75) is 19.3 Å². The van der Waals surface area contributed by atoms with Crippen LogP contribution in [0.2, 0.25) is 0 Å². The first-order chi connectivity index (χ1) is 12.1. The lowest BCUT2D eigenvalue weighted by Crippen LogP contribution is -2.23. The Balaban J connectivity index is 3.07. The minimum Gasteiger partial charge on any atom is -0.478 e. The first kappa shape index (κ1) is 23.3. The molecule has 0 fully saturated rings. The number of halogens is 3. The van der Waals surface area contributed by atoms with Gasteiger partial charge in [-0.2, -0.15) is 0 Å². The topological polar surface area (TPSA) is 121 Å². The Hall–Kier alpha value is -0.770. The first-order valence-electron chi connectivity index (χ1n) is 7.19.